The Labute approximate surface area is 108 Å². The molecule has 1 aromatic heterocycles. The van der Waals surface area contributed by atoms with Crippen LogP contribution in [0.1, 0.15) is 42.5 Å². The third-order valence-electron chi connectivity index (χ3n) is 4.53. The Hall–Kier alpha value is -1.32. The van der Waals surface area contributed by atoms with E-state index in [4.69, 9.17) is 0 Å². The molecule has 1 saturated carbocycles. The Morgan fingerprint density at radius 3 is 2.78 bits per heavy atom. The van der Waals surface area contributed by atoms with E-state index in [0.29, 0.717) is 0 Å². The number of aryl methyl sites for hydroxylation is 1. The van der Waals surface area contributed by atoms with Crippen LogP contribution in [0.25, 0.3) is 0 Å². The summed E-state index contributed by atoms with van der Waals surface area (Å²) >= 11 is 0. The highest BCUT2D eigenvalue weighted by atomic mass is 16.2. The van der Waals surface area contributed by atoms with Crippen molar-refractivity contribution < 1.29 is 4.79 Å². The first-order valence-electron chi connectivity index (χ1n) is 7.02. The van der Waals surface area contributed by atoms with E-state index >= 15 is 0 Å². The fraction of sp³-hybridized carbons (Fsp3) is 0.714. The number of carbonyl (C=O) groups excluding carboxylic acids is 1. The summed E-state index contributed by atoms with van der Waals surface area (Å²) in [6.07, 6.45) is 10.1. The minimum Gasteiger partial charge on any atom is -0.338 e. The molecule has 2 atom stereocenters. The van der Waals surface area contributed by atoms with Gasteiger partial charge in [-0.05, 0) is 24.7 Å². The molecule has 0 aromatic carbocycles. The van der Waals surface area contributed by atoms with E-state index in [1.54, 1.807) is 10.9 Å². The van der Waals surface area contributed by atoms with Crippen LogP contribution in [0.2, 0.25) is 0 Å². The van der Waals surface area contributed by atoms with Gasteiger partial charge in [-0.2, -0.15) is 5.10 Å². The number of likely N-dealkylation sites (tertiary alicyclic amines) is 1. The topological polar surface area (TPSA) is 38.1 Å². The van der Waals surface area contributed by atoms with Gasteiger partial charge in [-0.1, -0.05) is 19.3 Å². The zero-order valence-corrected chi connectivity index (χ0v) is 11.0. The predicted molar refractivity (Wildman–Crippen MR) is 69.2 cm³/mol. The summed E-state index contributed by atoms with van der Waals surface area (Å²) < 4.78 is 1.70. The number of hydrogen-bond donors (Lipinski definition) is 0. The van der Waals surface area contributed by atoms with Crippen LogP contribution in [-0.4, -0.2) is 33.7 Å². The summed E-state index contributed by atoms with van der Waals surface area (Å²) in [6.45, 7) is 1.88. The van der Waals surface area contributed by atoms with Gasteiger partial charge in [-0.3, -0.25) is 9.48 Å². The van der Waals surface area contributed by atoms with Crippen molar-refractivity contribution in [2.45, 2.75) is 32.1 Å². The van der Waals surface area contributed by atoms with Gasteiger partial charge in [-0.15, -0.1) is 0 Å². The maximum absolute atomic E-state index is 12.4. The predicted octanol–water partition coefficient (Wildman–Crippen LogP) is 2.07. The molecule has 0 bridgehead atoms. The second kappa shape index (κ2) is 4.75. The fourth-order valence-corrected chi connectivity index (χ4v) is 3.50. The van der Waals surface area contributed by atoms with Gasteiger partial charge < -0.3 is 4.90 Å². The first kappa shape index (κ1) is 11.8. The molecule has 4 heteroatoms. The Balaban J connectivity index is 1.68. The van der Waals surface area contributed by atoms with E-state index in [-0.39, 0.29) is 5.91 Å². The SMILES string of the molecule is Cn1cc(C(=O)N2CC[C@H]3CCCC[C@H]3C2)cn1. The summed E-state index contributed by atoms with van der Waals surface area (Å²) in [5, 5.41) is 4.08. The quantitative estimate of drug-likeness (QED) is 0.762. The second-order valence-electron chi connectivity index (χ2n) is 5.75. The fourth-order valence-electron chi connectivity index (χ4n) is 3.50. The van der Waals surface area contributed by atoms with Gasteiger partial charge in [0.25, 0.3) is 5.91 Å². The van der Waals surface area contributed by atoms with Crippen molar-refractivity contribution in [2.75, 3.05) is 13.1 Å². The minimum absolute atomic E-state index is 0.159. The summed E-state index contributed by atoms with van der Waals surface area (Å²) in [7, 11) is 1.85. The van der Waals surface area contributed by atoms with Crippen molar-refractivity contribution in [3.05, 3.63) is 18.0 Å². The van der Waals surface area contributed by atoms with Crippen LogP contribution in [-0.2, 0) is 7.05 Å². The summed E-state index contributed by atoms with van der Waals surface area (Å²) in [5.41, 5.74) is 0.728. The monoisotopic (exact) mass is 247 g/mol. The zero-order valence-electron chi connectivity index (χ0n) is 11.0. The van der Waals surface area contributed by atoms with E-state index in [2.05, 4.69) is 5.10 Å². The van der Waals surface area contributed by atoms with Gasteiger partial charge in [0.1, 0.15) is 0 Å². The van der Waals surface area contributed by atoms with E-state index < -0.39 is 0 Å². The summed E-state index contributed by atoms with van der Waals surface area (Å²) in [6, 6.07) is 0. The molecule has 1 aliphatic carbocycles. The lowest BCUT2D eigenvalue weighted by Crippen LogP contribution is -2.44. The summed E-state index contributed by atoms with van der Waals surface area (Å²) in [4.78, 5) is 14.4. The molecular weight excluding hydrogens is 226 g/mol. The maximum atomic E-state index is 12.4. The van der Waals surface area contributed by atoms with Crippen molar-refractivity contribution >= 4 is 5.91 Å². The molecule has 4 nitrogen and oxygen atoms in total. The molecule has 1 aromatic rings. The first-order valence-corrected chi connectivity index (χ1v) is 7.02. The number of nitrogens with zero attached hydrogens (tertiary/aromatic N) is 3. The largest absolute Gasteiger partial charge is 0.338 e. The van der Waals surface area contributed by atoms with Crippen LogP contribution in [0.5, 0.6) is 0 Å². The number of hydrogen-bond acceptors (Lipinski definition) is 2. The second-order valence-corrected chi connectivity index (χ2v) is 5.75. The molecule has 2 aliphatic rings. The smallest absolute Gasteiger partial charge is 0.257 e. The van der Waals surface area contributed by atoms with Crippen LogP contribution < -0.4 is 0 Å². The summed E-state index contributed by atoms with van der Waals surface area (Å²) in [5.74, 6) is 1.77. The van der Waals surface area contributed by atoms with Crippen LogP contribution in [0.4, 0.5) is 0 Å². The highest BCUT2D eigenvalue weighted by Gasteiger charge is 2.33. The van der Waals surface area contributed by atoms with E-state index in [9.17, 15) is 4.79 Å². The molecule has 1 aliphatic heterocycles. The Kier molecular flexibility index (Phi) is 3.10. The number of aromatic nitrogens is 2. The van der Waals surface area contributed by atoms with E-state index in [1.807, 2.05) is 18.1 Å². The van der Waals surface area contributed by atoms with E-state index in [1.165, 1.54) is 32.1 Å². The van der Waals surface area contributed by atoms with Crippen LogP contribution in [0.15, 0.2) is 12.4 Å². The van der Waals surface area contributed by atoms with Gasteiger partial charge in [0, 0.05) is 26.3 Å². The van der Waals surface area contributed by atoms with Crippen LogP contribution in [0, 0.1) is 11.8 Å². The third-order valence-corrected chi connectivity index (χ3v) is 4.53. The Morgan fingerprint density at radius 1 is 1.28 bits per heavy atom. The minimum atomic E-state index is 0.159. The number of fused-ring (bicyclic) bond motifs is 1. The first-order chi connectivity index (χ1) is 8.74. The van der Waals surface area contributed by atoms with Gasteiger partial charge >= 0.3 is 0 Å². The molecule has 1 amide bonds. The van der Waals surface area contributed by atoms with Crippen molar-refractivity contribution in [3.63, 3.8) is 0 Å². The lowest BCUT2D eigenvalue weighted by atomic mass is 9.75. The highest BCUT2D eigenvalue weighted by Crippen LogP contribution is 2.36. The molecule has 2 fully saturated rings. The number of amides is 1. The molecule has 0 N–H and O–H groups in total. The van der Waals surface area contributed by atoms with Crippen molar-refractivity contribution in [1.29, 1.82) is 0 Å². The number of carbonyl (C=O) groups is 1. The van der Waals surface area contributed by atoms with Crippen LogP contribution in [0.3, 0.4) is 0 Å². The Bertz CT molecular complexity index is 440. The van der Waals surface area contributed by atoms with Gasteiger partial charge in [-0.25, -0.2) is 0 Å². The number of piperidine rings is 1. The molecule has 18 heavy (non-hydrogen) atoms. The number of rotatable bonds is 1. The molecule has 98 valence electrons. The van der Waals surface area contributed by atoms with Crippen molar-refractivity contribution in [2.24, 2.45) is 18.9 Å². The standard InChI is InChI=1S/C14H21N3O/c1-16-9-13(8-15-16)14(18)17-7-6-11-4-2-3-5-12(11)10-17/h8-9,11-12H,2-7,10H2,1H3/t11-,12+/m1/s1. The lowest BCUT2D eigenvalue weighted by Gasteiger charge is -2.41. The normalized spacial score (nSPS) is 27.9. The average molecular weight is 247 g/mol. The average Bonchev–Trinajstić information content (AvgIpc) is 2.84. The Morgan fingerprint density at radius 2 is 2.06 bits per heavy atom. The van der Waals surface area contributed by atoms with Crippen molar-refractivity contribution in [1.82, 2.24) is 14.7 Å². The van der Waals surface area contributed by atoms with Gasteiger partial charge in [0.15, 0.2) is 0 Å². The third kappa shape index (κ3) is 2.16. The van der Waals surface area contributed by atoms with Gasteiger partial charge in [0.2, 0.25) is 0 Å². The molecule has 0 radical (unpaired) electrons. The van der Waals surface area contributed by atoms with Crippen molar-refractivity contribution in [3.8, 4) is 0 Å². The maximum Gasteiger partial charge on any atom is 0.257 e. The molecular formula is C14H21N3O. The molecule has 2 heterocycles. The molecule has 3 rings (SSSR count). The molecule has 1 saturated heterocycles. The zero-order chi connectivity index (χ0) is 12.5. The highest BCUT2D eigenvalue weighted by molar-refractivity contribution is 5.93. The molecule has 0 unspecified atom stereocenters. The van der Waals surface area contributed by atoms with E-state index in [0.717, 1.165) is 30.5 Å². The van der Waals surface area contributed by atoms with Crippen LogP contribution >= 0.6 is 0 Å². The molecule has 0 spiro atoms. The lowest BCUT2D eigenvalue weighted by molar-refractivity contribution is 0.0521. The van der Waals surface area contributed by atoms with Gasteiger partial charge in [0.05, 0.1) is 11.8 Å².